The molecule has 0 N–H and O–H groups in total. The Morgan fingerprint density at radius 2 is 2.04 bits per heavy atom. The fourth-order valence-corrected chi connectivity index (χ4v) is 3.39. The highest BCUT2D eigenvalue weighted by Crippen LogP contribution is 2.28. The summed E-state index contributed by atoms with van der Waals surface area (Å²) < 4.78 is 14.8. The molecule has 1 aliphatic heterocycles. The summed E-state index contributed by atoms with van der Waals surface area (Å²) in [7, 11) is 1.71. The second-order valence-electron chi connectivity index (χ2n) is 7.09. The highest BCUT2D eigenvalue weighted by atomic mass is 16.5. The van der Waals surface area contributed by atoms with E-state index in [-0.39, 0.29) is 11.5 Å². The molecule has 3 aromatic rings. The highest BCUT2D eigenvalue weighted by molar-refractivity contribution is 5.46. The van der Waals surface area contributed by atoms with Crippen LogP contribution in [-0.4, -0.2) is 27.2 Å². The summed E-state index contributed by atoms with van der Waals surface area (Å²) in [6.45, 7) is 5.72. The van der Waals surface area contributed by atoms with E-state index in [9.17, 15) is 4.79 Å². The molecule has 1 fully saturated rings. The summed E-state index contributed by atoms with van der Waals surface area (Å²) in [5.74, 6) is 2.71. The Hall–Kier alpha value is -2.60. The lowest BCUT2D eigenvalue weighted by atomic mass is 9.99. The van der Waals surface area contributed by atoms with Gasteiger partial charge in [0.05, 0.1) is 19.0 Å². The molecule has 2 aromatic heterocycles. The van der Waals surface area contributed by atoms with E-state index in [0.717, 1.165) is 25.5 Å². The van der Waals surface area contributed by atoms with Crippen molar-refractivity contribution in [3.05, 3.63) is 58.4 Å². The molecule has 1 aromatic carbocycles. The number of hydrogen-bond acceptors (Lipinski definition) is 4. The van der Waals surface area contributed by atoms with Crippen LogP contribution < -0.4 is 10.3 Å². The number of imidazole rings is 1. The minimum Gasteiger partial charge on any atom is -0.439 e. The first-order valence-corrected chi connectivity index (χ1v) is 8.97. The van der Waals surface area contributed by atoms with Crippen LogP contribution in [0.5, 0.6) is 11.6 Å². The summed E-state index contributed by atoms with van der Waals surface area (Å²) >= 11 is 0. The van der Waals surface area contributed by atoms with E-state index in [1.54, 1.807) is 13.2 Å². The third-order valence-electron chi connectivity index (χ3n) is 4.94. The minimum atomic E-state index is -0.123. The first-order chi connectivity index (χ1) is 12.5. The molecule has 1 aliphatic rings. The fourth-order valence-electron chi connectivity index (χ4n) is 3.39. The zero-order chi connectivity index (χ0) is 18.3. The highest BCUT2D eigenvalue weighted by Gasteiger charge is 2.18. The summed E-state index contributed by atoms with van der Waals surface area (Å²) in [6.07, 6.45) is 4.52. The van der Waals surface area contributed by atoms with Crippen molar-refractivity contribution >= 4 is 5.52 Å². The van der Waals surface area contributed by atoms with E-state index in [1.807, 2.05) is 22.7 Å². The molecule has 0 aliphatic carbocycles. The lowest BCUT2D eigenvalue weighted by molar-refractivity contribution is 0.194. The molecule has 136 valence electrons. The molecule has 1 atom stereocenters. The number of hydrogen-bond donors (Lipinski definition) is 0. The van der Waals surface area contributed by atoms with E-state index >= 15 is 0 Å². The molecule has 0 spiro atoms. The molecule has 26 heavy (non-hydrogen) atoms. The first-order valence-electron chi connectivity index (χ1n) is 8.97. The summed E-state index contributed by atoms with van der Waals surface area (Å²) in [4.78, 5) is 17.0. The zero-order valence-corrected chi connectivity index (χ0v) is 15.3. The van der Waals surface area contributed by atoms with Crippen LogP contribution in [0.15, 0.2) is 41.5 Å². The molecule has 3 heterocycles. The molecule has 4 rings (SSSR count). The predicted octanol–water partition coefficient (Wildman–Crippen LogP) is 3.45. The Labute approximate surface area is 152 Å². The van der Waals surface area contributed by atoms with Crippen molar-refractivity contribution < 1.29 is 9.47 Å². The van der Waals surface area contributed by atoms with Crippen LogP contribution in [0.2, 0.25) is 0 Å². The number of benzene rings is 1. The van der Waals surface area contributed by atoms with Crippen LogP contribution in [0.3, 0.4) is 0 Å². The van der Waals surface area contributed by atoms with E-state index in [2.05, 4.69) is 31.0 Å². The Morgan fingerprint density at radius 1 is 1.27 bits per heavy atom. The molecule has 0 amide bonds. The number of rotatable bonds is 4. The Balaban J connectivity index is 1.67. The van der Waals surface area contributed by atoms with Crippen LogP contribution in [0.25, 0.3) is 5.52 Å². The molecule has 0 saturated carbocycles. The molecule has 0 bridgehead atoms. The Kier molecular flexibility index (Phi) is 4.28. The van der Waals surface area contributed by atoms with Gasteiger partial charge in [-0.1, -0.05) is 26.0 Å². The maximum Gasteiger partial charge on any atom is 0.279 e. The van der Waals surface area contributed by atoms with Crippen molar-refractivity contribution in [2.45, 2.75) is 32.1 Å². The van der Waals surface area contributed by atoms with Gasteiger partial charge in [0.25, 0.3) is 5.56 Å². The van der Waals surface area contributed by atoms with Crippen LogP contribution in [0.4, 0.5) is 0 Å². The zero-order valence-electron chi connectivity index (χ0n) is 15.3. The normalized spacial score (nSPS) is 17.3. The second kappa shape index (κ2) is 6.61. The number of ether oxygens (including phenoxy) is 2. The quantitative estimate of drug-likeness (QED) is 0.721. The van der Waals surface area contributed by atoms with Crippen molar-refractivity contribution in [1.29, 1.82) is 0 Å². The van der Waals surface area contributed by atoms with E-state index in [4.69, 9.17) is 9.47 Å². The molecule has 0 unspecified atom stereocenters. The van der Waals surface area contributed by atoms with Crippen molar-refractivity contribution in [3.63, 3.8) is 0 Å². The average Bonchev–Trinajstić information content (AvgIpc) is 3.30. The number of aromatic nitrogens is 3. The third kappa shape index (κ3) is 2.90. The van der Waals surface area contributed by atoms with Crippen LogP contribution >= 0.6 is 0 Å². The van der Waals surface area contributed by atoms with Gasteiger partial charge < -0.3 is 9.47 Å². The Morgan fingerprint density at radius 3 is 2.69 bits per heavy atom. The average molecular weight is 353 g/mol. The van der Waals surface area contributed by atoms with E-state index in [0.29, 0.717) is 23.1 Å². The second-order valence-corrected chi connectivity index (χ2v) is 7.09. The van der Waals surface area contributed by atoms with Crippen molar-refractivity contribution in [2.75, 3.05) is 13.2 Å². The molecular weight excluding hydrogens is 330 g/mol. The summed E-state index contributed by atoms with van der Waals surface area (Å²) in [6, 6.07) is 8.03. The molecule has 6 nitrogen and oxygen atoms in total. The number of nitrogens with zero attached hydrogens (tertiary/aromatic N) is 3. The van der Waals surface area contributed by atoms with Gasteiger partial charge in [0.1, 0.15) is 17.1 Å². The van der Waals surface area contributed by atoms with Gasteiger partial charge in [0.2, 0.25) is 5.88 Å². The standard InChI is InChI=1S/C20H23N3O3/c1-13(2)19-21-10-17-20(24)22(3)18(11-23(17)19)26-16-6-4-14(5-7-16)15-8-9-25-12-15/h4-7,10-11,13,15H,8-9,12H2,1-3H3/t15-/m1/s1. The largest absolute Gasteiger partial charge is 0.439 e. The maximum absolute atomic E-state index is 12.6. The minimum absolute atomic E-state index is 0.123. The van der Waals surface area contributed by atoms with Crippen molar-refractivity contribution in [2.24, 2.45) is 7.05 Å². The van der Waals surface area contributed by atoms with Crippen LogP contribution in [0.1, 0.15) is 43.5 Å². The van der Waals surface area contributed by atoms with Gasteiger partial charge in [-0.05, 0) is 24.1 Å². The van der Waals surface area contributed by atoms with Crippen LogP contribution in [0, 0.1) is 0 Å². The van der Waals surface area contributed by atoms with Gasteiger partial charge in [-0.25, -0.2) is 4.98 Å². The number of fused-ring (bicyclic) bond motifs is 1. The van der Waals surface area contributed by atoms with Gasteiger partial charge in [-0.15, -0.1) is 0 Å². The fraction of sp³-hybridized carbons (Fsp3) is 0.400. The first kappa shape index (κ1) is 16.8. The summed E-state index contributed by atoms with van der Waals surface area (Å²) in [5, 5.41) is 0. The third-order valence-corrected chi connectivity index (χ3v) is 4.94. The van der Waals surface area contributed by atoms with Gasteiger partial charge in [0, 0.05) is 25.5 Å². The maximum atomic E-state index is 12.6. The molecule has 6 heteroatoms. The topological polar surface area (TPSA) is 57.8 Å². The van der Waals surface area contributed by atoms with Crippen LogP contribution in [-0.2, 0) is 11.8 Å². The van der Waals surface area contributed by atoms with Gasteiger partial charge in [0.15, 0.2) is 0 Å². The smallest absolute Gasteiger partial charge is 0.279 e. The lowest BCUT2D eigenvalue weighted by Crippen LogP contribution is -2.20. The molecular formula is C20H23N3O3. The van der Waals surface area contributed by atoms with Crippen molar-refractivity contribution in [3.8, 4) is 11.6 Å². The van der Waals surface area contributed by atoms with E-state index in [1.165, 1.54) is 10.1 Å². The Bertz CT molecular complexity index is 980. The summed E-state index contributed by atoms with van der Waals surface area (Å²) in [5.41, 5.74) is 1.69. The monoisotopic (exact) mass is 353 g/mol. The van der Waals surface area contributed by atoms with Crippen molar-refractivity contribution in [1.82, 2.24) is 14.0 Å². The predicted molar refractivity (Wildman–Crippen MR) is 99.2 cm³/mol. The lowest BCUT2D eigenvalue weighted by Gasteiger charge is -2.13. The van der Waals surface area contributed by atoms with Gasteiger partial charge >= 0.3 is 0 Å². The SMILES string of the molecule is CC(C)c1ncc2c(=O)n(C)c(Oc3ccc([C@@H]4CCOC4)cc3)cn12. The van der Waals surface area contributed by atoms with Gasteiger partial charge in [-0.3, -0.25) is 13.8 Å². The molecule has 0 radical (unpaired) electrons. The molecule has 1 saturated heterocycles. The van der Waals surface area contributed by atoms with E-state index < -0.39 is 0 Å². The van der Waals surface area contributed by atoms with Gasteiger partial charge in [-0.2, -0.15) is 0 Å².